The fraction of sp³-hybridized carbons (Fsp3) is 0.235. The fourth-order valence-electron chi connectivity index (χ4n) is 2.05. The first kappa shape index (κ1) is 17.7. The van der Waals surface area contributed by atoms with Crippen molar-refractivity contribution < 1.29 is 17.9 Å². The molecule has 2 rings (SSSR count). The third-order valence-electron chi connectivity index (χ3n) is 3.46. The molecule has 122 valence electrons. The van der Waals surface area contributed by atoms with Gasteiger partial charge in [-0.25, -0.2) is 0 Å². The zero-order valence-corrected chi connectivity index (χ0v) is 15.7. The third-order valence-corrected chi connectivity index (χ3v) is 9.59. The minimum absolute atomic E-state index is 0.133. The molecule has 0 amide bonds. The molecule has 0 saturated heterocycles. The molecule has 2 aromatic carbocycles. The van der Waals surface area contributed by atoms with Gasteiger partial charge in [0.25, 0.3) is 0 Å². The van der Waals surface area contributed by atoms with Gasteiger partial charge < -0.3 is 0 Å². The first-order chi connectivity index (χ1) is 10.8. The Morgan fingerprint density at radius 2 is 1.61 bits per heavy atom. The second-order valence-electron chi connectivity index (χ2n) is 5.17. The predicted molar refractivity (Wildman–Crippen MR) is 90.6 cm³/mol. The van der Waals surface area contributed by atoms with Crippen molar-refractivity contribution in [2.24, 2.45) is 0 Å². The number of methoxy groups -OCH3 is 1. The van der Waals surface area contributed by atoms with Crippen LogP contribution in [0.4, 0.5) is 0 Å². The number of benzene rings is 2. The molecular weight excluding hydrogens is 379 g/mol. The van der Waals surface area contributed by atoms with Crippen molar-refractivity contribution in [3.8, 4) is 0 Å². The standard InChI is InChI=1S/C17H18O4SSe/c1-13-9-11-14(12-10-13)22(19,20)17(2,16(18)21-3)23-15-7-5-4-6-8-15/h4-12H,1-3H3. The topological polar surface area (TPSA) is 60.4 Å². The summed E-state index contributed by atoms with van der Waals surface area (Å²) in [6, 6.07) is 15.7. The van der Waals surface area contributed by atoms with Gasteiger partial charge in [-0.05, 0) is 0 Å². The van der Waals surface area contributed by atoms with Crippen molar-refractivity contribution in [3.05, 3.63) is 60.2 Å². The molecule has 2 aromatic rings. The Morgan fingerprint density at radius 1 is 1.04 bits per heavy atom. The molecule has 0 aliphatic heterocycles. The van der Waals surface area contributed by atoms with E-state index in [0.717, 1.165) is 10.0 Å². The Hall–Kier alpha value is -1.62. The summed E-state index contributed by atoms with van der Waals surface area (Å²) < 4.78 is 30.2. The zero-order valence-electron chi connectivity index (χ0n) is 13.1. The van der Waals surface area contributed by atoms with Gasteiger partial charge in [-0.15, -0.1) is 0 Å². The van der Waals surface area contributed by atoms with Crippen LogP contribution in [0.5, 0.6) is 0 Å². The summed E-state index contributed by atoms with van der Waals surface area (Å²) in [5, 5.41) is 0. The number of ether oxygens (including phenoxy) is 1. The number of carbonyl (C=O) groups is 1. The predicted octanol–water partition coefficient (Wildman–Crippen LogP) is 1.69. The Labute approximate surface area is 142 Å². The molecule has 0 N–H and O–H groups in total. The van der Waals surface area contributed by atoms with Crippen LogP contribution in [0.1, 0.15) is 12.5 Å². The molecule has 1 unspecified atom stereocenters. The van der Waals surface area contributed by atoms with Crippen LogP contribution in [0.25, 0.3) is 0 Å². The maximum absolute atomic E-state index is 13.1. The quantitative estimate of drug-likeness (QED) is 0.569. The Bertz CT molecular complexity index is 785. The van der Waals surface area contributed by atoms with Gasteiger partial charge in [-0.2, -0.15) is 0 Å². The van der Waals surface area contributed by atoms with Gasteiger partial charge in [0.1, 0.15) is 0 Å². The van der Waals surface area contributed by atoms with Crippen LogP contribution in [-0.4, -0.2) is 40.1 Å². The second-order valence-corrected chi connectivity index (χ2v) is 11.2. The van der Waals surface area contributed by atoms with Crippen molar-refractivity contribution in [2.75, 3.05) is 7.11 Å². The molecule has 0 fully saturated rings. The van der Waals surface area contributed by atoms with Gasteiger partial charge in [0, 0.05) is 0 Å². The number of sulfone groups is 1. The molecule has 0 spiro atoms. The normalized spacial score (nSPS) is 14.0. The first-order valence-corrected chi connectivity index (χ1v) is 10.1. The summed E-state index contributed by atoms with van der Waals surface area (Å²) in [5.41, 5.74) is 0.956. The van der Waals surface area contributed by atoms with Crippen LogP contribution in [0.3, 0.4) is 0 Å². The zero-order chi connectivity index (χ0) is 17.1. The molecule has 0 saturated carbocycles. The summed E-state index contributed by atoms with van der Waals surface area (Å²) in [6.45, 7) is 3.32. The average Bonchev–Trinajstić information content (AvgIpc) is 2.55. The molecule has 0 aliphatic carbocycles. The molecular formula is C17H18O4SSe. The van der Waals surface area contributed by atoms with Crippen LogP contribution in [0.15, 0.2) is 59.5 Å². The monoisotopic (exact) mass is 398 g/mol. The van der Waals surface area contributed by atoms with E-state index in [9.17, 15) is 13.2 Å². The number of rotatable bonds is 5. The van der Waals surface area contributed by atoms with Crippen LogP contribution in [0, 0.1) is 6.92 Å². The van der Waals surface area contributed by atoms with Gasteiger partial charge in [0.05, 0.1) is 0 Å². The SMILES string of the molecule is COC(=O)C(C)([Se]c1ccccc1)S(=O)(=O)c1ccc(C)cc1. The molecule has 0 aromatic heterocycles. The Morgan fingerprint density at radius 3 is 2.13 bits per heavy atom. The number of carbonyl (C=O) groups excluding carboxylic acids is 1. The van der Waals surface area contributed by atoms with E-state index in [1.807, 2.05) is 37.3 Å². The van der Waals surface area contributed by atoms with Gasteiger partial charge >= 0.3 is 143 Å². The third kappa shape index (κ3) is 3.50. The maximum atomic E-state index is 13.1. The van der Waals surface area contributed by atoms with Crippen molar-refractivity contribution in [1.82, 2.24) is 0 Å². The van der Waals surface area contributed by atoms with E-state index in [-0.39, 0.29) is 4.90 Å². The van der Waals surface area contributed by atoms with Gasteiger partial charge in [-0.3, -0.25) is 0 Å². The number of hydrogen-bond donors (Lipinski definition) is 0. The number of aryl methyl sites for hydroxylation is 1. The van der Waals surface area contributed by atoms with Crippen LogP contribution < -0.4 is 4.46 Å². The summed E-state index contributed by atoms with van der Waals surface area (Å²) in [4.78, 5) is 12.5. The van der Waals surface area contributed by atoms with Crippen molar-refractivity contribution >= 4 is 35.2 Å². The van der Waals surface area contributed by atoms with Gasteiger partial charge in [0.2, 0.25) is 0 Å². The molecule has 0 heterocycles. The van der Waals surface area contributed by atoms with E-state index in [1.54, 1.807) is 12.1 Å². The molecule has 23 heavy (non-hydrogen) atoms. The second kappa shape index (κ2) is 6.87. The van der Waals surface area contributed by atoms with E-state index in [2.05, 4.69) is 0 Å². The van der Waals surface area contributed by atoms with Crippen LogP contribution in [0.2, 0.25) is 0 Å². The molecule has 1 atom stereocenters. The van der Waals surface area contributed by atoms with Gasteiger partial charge in [-0.1, -0.05) is 0 Å². The number of esters is 1. The summed E-state index contributed by atoms with van der Waals surface area (Å²) in [6.07, 6.45) is 0. The van der Waals surface area contributed by atoms with E-state index in [1.165, 1.54) is 26.2 Å². The molecule has 0 aliphatic rings. The number of hydrogen-bond acceptors (Lipinski definition) is 4. The summed E-state index contributed by atoms with van der Waals surface area (Å²) in [7, 11) is -2.66. The fourth-order valence-corrected chi connectivity index (χ4v) is 7.11. The summed E-state index contributed by atoms with van der Waals surface area (Å²) >= 11 is -0.634. The van der Waals surface area contributed by atoms with Crippen LogP contribution >= 0.6 is 0 Å². The van der Waals surface area contributed by atoms with Crippen molar-refractivity contribution in [1.29, 1.82) is 0 Å². The molecule has 0 radical (unpaired) electrons. The summed E-state index contributed by atoms with van der Waals surface area (Å²) in [5.74, 6) is -0.734. The van der Waals surface area contributed by atoms with Crippen LogP contribution in [-0.2, 0) is 19.4 Å². The minimum atomic E-state index is -3.87. The molecule has 0 bridgehead atoms. The van der Waals surface area contributed by atoms with Gasteiger partial charge in [0.15, 0.2) is 0 Å². The average molecular weight is 397 g/mol. The van der Waals surface area contributed by atoms with E-state index < -0.39 is 34.4 Å². The van der Waals surface area contributed by atoms with E-state index in [4.69, 9.17) is 4.74 Å². The molecule has 6 heteroatoms. The Kier molecular flexibility index (Phi) is 5.30. The van der Waals surface area contributed by atoms with Crippen molar-refractivity contribution in [2.45, 2.75) is 22.4 Å². The van der Waals surface area contributed by atoms with E-state index >= 15 is 0 Å². The molecule has 4 nitrogen and oxygen atoms in total. The Balaban J connectivity index is 2.53. The van der Waals surface area contributed by atoms with E-state index in [0.29, 0.717) is 0 Å². The first-order valence-electron chi connectivity index (χ1n) is 6.95. The van der Waals surface area contributed by atoms with Crippen molar-refractivity contribution in [3.63, 3.8) is 0 Å².